The van der Waals surface area contributed by atoms with Crippen molar-refractivity contribution < 1.29 is 55.3 Å². The fourth-order valence-electron chi connectivity index (χ4n) is 5.25. The molecule has 17 heteroatoms. The minimum Gasteiger partial charge on any atom is -0.475 e. The Bertz CT molecular complexity index is 1480. The van der Waals surface area contributed by atoms with Crippen molar-refractivity contribution in [1.29, 1.82) is 0 Å². The number of hydrogen-bond acceptors (Lipinski definition) is 7. The monoisotopic (exact) mass is 677 g/mol. The molecule has 47 heavy (non-hydrogen) atoms. The molecule has 10 nitrogen and oxygen atoms in total. The van der Waals surface area contributed by atoms with Gasteiger partial charge in [0.1, 0.15) is 17.3 Å². The molecule has 0 amide bonds. The molecule has 1 saturated carbocycles. The van der Waals surface area contributed by atoms with Crippen LogP contribution >= 0.6 is 0 Å². The fraction of sp³-hybridized carbons (Fsp3) is 0.500. The van der Waals surface area contributed by atoms with Crippen LogP contribution in [0.3, 0.4) is 0 Å². The first kappa shape index (κ1) is 35.9. The number of imidazole rings is 1. The lowest BCUT2D eigenvalue weighted by atomic mass is 10.1. The highest BCUT2D eigenvalue weighted by atomic mass is 19.4. The van der Waals surface area contributed by atoms with Gasteiger partial charge in [-0.25, -0.2) is 19.0 Å². The fourth-order valence-corrected chi connectivity index (χ4v) is 5.25. The standard InChI is InChI=1S/C26H32FN5O.2C2HF3O2/c27-22-5-2-1-4-21(22)17-29-10-11-31(16-20-8-9-20)24(19-29)23-18-32-25(28-23)6-3-7-26(32)30-12-14-33-15-13-30;2*3-2(4,5)1(6)7/h1-7,18,20,24H,8-17,19H2;2*(H,6,7). The number of carboxylic acids is 2. The summed E-state index contributed by atoms with van der Waals surface area (Å²) in [7, 11) is 0. The van der Waals surface area contributed by atoms with Crippen LogP contribution in [0.5, 0.6) is 0 Å². The van der Waals surface area contributed by atoms with E-state index in [1.54, 1.807) is 12.1 Å². The number of rotatable bonds is 6. The number of carbonyl (C=O) groups is 2. The summed E-state index contributed by atoms with van der Waals surface area (Å²) in [5.74, 6) is -3.62. The van der Waals surface area contributed by atoms with Gasteiger partial charge in [0.05, 0.1) is 24.9 Å². The van der Waals surface area contributed by atoms with E-state index in [0.717, 1.165) is 75.3 Å². The summed E-state index contributed by atoms with van der Waals surface area (Å²) in [6, 6.07) is 13.8. The van der Waals surface area contributed by atoms with Crippen molar-refractivity contribution in [2.24, 2.45) is 5.92 Å². The van der Waals surface area contributed by atoms with E-state index in [9.17, 15) is 30.7 Å². The lowest BCUT2D eigenvalue weighted by Gasteiger charge is -2.41. The SMILES string of the molecule is Fc1ccccc1CN1CCN(CC2CC2)C(c2cn3c(N4CCOCC4)cccc3n2)C1.O=C(O)C(F)(F)F.O=C(O)C(F)(F)F. The number of benzene rings is 1. The van der Waals surface area contributed by atoms with Crippen LogP contribution in [0.1, 0.15) is 30.1 Å². The van der Waals surface area contributed by atoms with Crippen LogP contribution in [0.4, 0.5) is 36.6 Å². The third-order valence-electron chi connectivity index (χ3n) is 7.77. The molecule has 3 aliphatic rings. The van der Waals surface area contributed by atoms with E-state index in [1.807, 2.05) is 12.1 Å². The number of nitrogens with zero attached hydrogens (tertiary/aromatic N) is 5. The molecule has 1 aromatic carbocycles. The van der Waals surface area contributed by atoms with Crippen LogP contribution < -0.4 is 4.90 Å². The zero-order valence-corrected chi connectivity index (χ0v) is 25.1. The number of ether oxygens (including phenoxy) is 1. The quantitative estimate of drug-likeness (QED) is 0.354. The van der Waals surface area contributed by atoms with E-state index in [4.69, 9.17) is 29.5 Å². The molecule has 2 saturated heterocycles. The molecule has 2 aliphatic heterocycles. The van der Waals surface area contributed by atoms with Gasteiger partial charge < -0.3 is 19.8 Å². The zero-order valence-electron chi connectivity index (χ0n) is 25.1. The van der Waals surface area contributed by atoms with Gasteiger partial charge in [-0.15, -0.1) is 0 Å². The molecule has 3 fully saturated rings. The van der Waals surface area contributed by atoms with E-state index in [-0.39, 0.29) is 11.9 Å². The van der Waals surface area contributed by atoms with Crippen molar-refractivity contribution in [1.82, 2.24) is 19.2 Å². The highest BCUT2D eigenvalue weighted by Gasteiger charge is 2.39. The van der Waals surface area contributed by atoms with E-state index in [0.29, 0.717) is 6.54 Å². The smallest absolute Gasteiger partial charge is 0.475 e. The minimum atomic E-state index is -5.08. The Hall–Kier alpha value is -3.96. The van der Waals surface area contributed by atoms with Gasteiger partial charge in [0.25, 0.3) is 0 Å². The van der Waals surface area contributed by atoms with Crippen molar-refractivity contribution in [2.75, 3.05) is 57.4 Å². The number of fused-ring (bicyclic) bond motifs is 1. The maximum atomic E-state index is 14.3. The van der Waals surface area contributed by atoms with Crippen LogP contribution in [-0.2, 0) is 20.9 Å². The first-order valence-electron chi connectivity index (χ1n) is 14.7. The molecule has 2 aromatic heterocycles. The zero-order chi connectivity index (χ0) is 34.4. The molecule has 2 N–H and O–H groups in total. The van der Waals surface area contributed by atoms with Crippen LogP contribution in [0.2, 0.25) is 0 Å². The van der Waals surface area contributed by atoms with Crippen molar-refractivity contribution >= 4 is 23.4 Å². The van der Waals surface area contributed by atoms with Gasteiger partial charge in [0, 0.05) is 57.6 Å². The topological polar surface area (TPSA) is 111 Å². The summed E-state index contributed by atoms with van der Waals surface area (Å²) < 4.78 is 85.6. The summed E-state index contributed by atoms with van der Waals surface area (Å²) >= 11 is 0. The lowest BCUT2D eigenvalue weighted by Crippen LogP contribution is -2.48. The van der Waals surface area contributed by atoms with Gasteiger partial charge in [-0.2, -0.15) is 26.3 Å². The van der Waals surface area contributed by atoms with Crippen LogP contribution in [0.15, 0.2) is 48.7 Å². The molecule has 6 rings (SSSR count). The number of hydrogen-bond donors (Lipinski definition) is 2. The Morgan fingerprint density at radius 1 is 0.872 bits per heavy atom. The van der Waals surface area contributed by atoms with Crippen molar-refractivity contribution in [3.05, 3.63) is 65.7 Å². The molecule has 1 atom stereocenters. The number of piperazine rings is 1. The average molecular weight is 678 g/mol. The maximum absolute atomic E-state index is 14.3. The number of alkyl halides is 6. The second-order valence-electron chi connectivity index (χ2n) is 11.3. The molecular weight excluding hydrogens is 643 g/mol. The van der Waals surface area contributed by atoms with Crippen molar-refractivity contribution in [2.45, 2.75) is 37.8 Å². The molecule has 1 aliphatic carbocycles. The number of aliphatic carboxylic acids is 2. The first-order valence-corrected chi connectivity index (χ1v) is 14.7. The normalized spacial score (nSPS) is 19.4. The van der Waals surface area contributed by atoms with E-state index < -0.39 is 24.3 Å². The van der Waals surface area contributed by atoms with Crippen LogP contribution in [-0.4, -0.2) is 106 Å². The third kappa shape index (κ3) is 10.3. The second-order valence-corrected chi connectivity index (χ2v) is 11.3. The number of anilines is 1. The average Bonchev–Trinajstić information content (AvgIpc) is 3.73. The Balaban J connectivity index is 0.000000301. The van der Waals surface area contributed by atoms with Gasteiger partial charge in [-0.05, 0) is 37.0 Å². The summed E-state index contributed by atoms with van der Waals surface area (Å²) in [4.78, 5) is 30.3. The molecule has 0 radical (unpaired) electrons. The highest BCUT2D eigenvalue weighted by molar-refractivity contribution is 5.73. The number of morpholine rings is 1. The Labute approximate surface area is 264 Å². The highest BCUT2D eigenvalue weighted by Crippen LogP contribution is 2.35. The Morgan fingerprint density at radius 2 is 1.49 bits per heavy atom. The molecule has 0 spiro atoms. The molecular formula is C30H34F7N5O5. The van der Waals surface area contributed by atoms with E-state index >= 15 is 0 Å². The summed E-state index contributed by atoms with van der Waals surface area (Å²) in [5, 5.41) is 14.2. The predicted molar refractivity (Wildman–Crippen MR) is 154 cm³/mol. The predicted octanol–water partition coefficient (Wildman–Crippen LogP) is 4.85. The molecule has 258 valence electrons. The van der Waals surface area contributed by atoms with Crippen LogP contribution in [0, 0.1) is 11.7 Å². The lowest BCUT2D eigenvalue weighted by molar-refractivity contribution is -0.193. The van der Waals surface area contributed by atoms with Gasteiger partial charge in [0.15, 0.2) is 0 Å². The molecule has 0 bridgehead atoms. The number of halogens is 7. The number of carboxylic acid groups (broad SMARTS) is 2. The van der Waals surface area contributed by atoms with Gasteiger partial charge in [0.2, 0.25) is 0 Å². The third-order valence-corrected chi connectivity index (χ3v) is 7.77. The second kappa shape index (κ2) is 15.3. The van der Waals surface area contributed by atoms with Gasteiger partial charge in [-0.1, -0.05) is 24.3 Å². The molecule has 3 aromatic rings. The maximum Gasteiger partial charge on any atom is 0.490 e. The van der Waals surface area contributed by atoms with Crippen molar-refractivity contribution in [3.8, 4) is 0 Å². The van der Waals surface area contributed by atoms with Crippen molar-refractivity contribution in [3.63, 3.8) is 0 Å². The van der Waals surface area contributed by atoms with Gasteiger partial charge >= 0.3 is 24.3 Å². The van der Waals surface area contributed by atoms with E-state index in [2.05, 4.69) is 43.5 Å². The molecule has 4 heterocycles. The number of pyridine rings is 1. The van der Waals surface area contributed by atoms with Crippen LogP contribution in [0.25, 0.3) is 5.65 Å². The summed E-state index contributed by atoms with van der Waals surface area (Å²) in [6.45, 7) is 7.96. The summed E-state index contributed by atoms with van der Waals surface area (Å²) in [5.41, 5.74) is 2.89. The summed E-state index contributed by atoms with van der Waals surface area (Å²) in [6.07, 6.45) is -5.25. The first-order chi connectivity index (χ1) is 22.1. The Kier molecular flexibility index (Phi) is 11.7. The van der Waals surface area contributed by atoms with E-state index in [1.165, 1.54) is 18.7 Å². The molecule has 1 unspecified atom stereocenters. The minimum absolute atomic E-state index is 0.114. The number of aromatic nitrogens is 2. The Morgan fingerprint density at radius 3 is 2.06 bits per heavy atom. The largest absolute Gasteiger partial charge is 0.490 e. The van der Waals surface area contributed by atoms with Gasteiger partial charge in [-0.3, -0.25) is 14.2 Å².